The van der Waals surface area contributed by atoms with Crippen molar-refractivity contribution in [2.24, 2.45) is 5.92 Å². The Morgan fingerprint density at radius 1 is 1.39 bits per heavy atom. The molecule has 100 valence electrons. The van der Waals surface area contributed by atoms with Crippen molar-refractivity contribution in [3.63, 3.8) is 0 Å². The van der Waals surface area contributed by atoms with Gasteiger partial charge in [-0.15, -0.1) is 0 Å². The van der Waals surface area contributed by atoms with Crippen LogP contribution in [-0.4, -0.2) is 31.7 Å². The van der Waals surface area contributed by atoms with Crippen LogP contribution in [0.2, 0.25) is 5.02 Å². The number of ether oxygens (including phenoxy) is 1. The molecular formula is C14H21ClN2O. The van der Waals surface area contributed by atoms with Crippen LogP contribution in [0.25, 0.3) is 0 Å². The van der Waals surface area contributed by atoms with E-state index in [1.54, 1.807) is 7.11 Å². The largest absolute Gasteiger partial charge is 0.398 e. The van der Waals surface area contributed by atoms with E-state index in [-0.39, 0.29) is 0 Å². The summed E-state index contributed by atoms with van der Waals surface area (Å²) in [5.41, 5.74) is 7.95. The number of benzene rings is 1. The number of rotatable bonds is 4. The van der Waals surface area contributed by atoms with Crippen LogP contribution in [0.15, 0.2) is 18.2 Å². The van der Waals surface area contributed by atoms with Crippen molar-refractivity contribution in [2.75, 3.05) is 32.5 Å². The van der Waals surface area contributed by atoms with E-state index in [4.69, 9.17) is 22.1 Å². The summed E-state index contributed by atoms with van der Waals surface area (Å²) in [5.74, 6) is 0.716. The van der Waals surface area contributed by atoms with Gasteiger partial charge in [-0.25, -0.2) is 0 Å². The summed E-state index contributed by atoms with van der Waals surface area (Å²) in [5, 5.41) is 0.704. The van der Waals surface area contributed by atoms with Gasteiger partial charge in [0.05, 0.1) is 0 Å². The Hall–Kier alpha value is -0.770. The molecule has 0 saturated carbocycles. The van der Waals surface area contributed by atoms with Crippen molar-refractivity contribution in [3.8, 4) is 0 Å². The molecule has 0 aliphatic carbocycles. The molecule has 18 heavy (non-hydrogen) atoms. The maximum atomic E-state index is 5.98. The molecule has 2 N–H and O–H groups in total. The normalized spacial score (nSPS) is 18.1. The van der Waals surface area contributed by atoms with Gasteiger partial charge in [0.25, 0.3) is 0 Å². The molecule has 2 rings (SSSR count). The molecular weight excluding hydrogens is 248 g/mol. The molecule has 0 spiro atoms. The second-order valence-electron chi connectivity index (χ2n) is 5.02. The van der Waals surface area contributed by atoms with Gasteiger partial charge in [0.1, 0.15) is 0 Å². The minimum atomic E-state index is 0.704. The average molecular weight is 269 g/mol. The van der Waals surface area contributed by atoms with Gasteiger partial charge in [-0.05, 0) is 49.5 Å². The average Bonchev–Trinajstić information content (AvgIpc) is 2.35. The SMILES string of the molecule is COCC1CCN(Cc2ccc(Cl)cc2N)CC1. The molecule has 4 heteroatoms. The van der Waals surface area contributed by atoms with Crippen LogP contribution in [0.3, 0.4) is 0 Å². The van der Waals surface area contributed by atoms with Crippen LogP contribution in [0.4, 0.5) is 5.69 Å². The Balaban J connectivity index is 1.87. The maximum Gasteiger partial charge on any atom is 0.0491 e. The number of nitrogens with two attached hydrogens (primary N) is 1. The van der Waals surface area contributed by atoms with Crippen molar-refractivity contribution in [1.29, 1.82) is 0 Å². The van der Waals surface area contributed by atoms with Crippen molar-refractivity contribution >= 4 is 17.3 Å². The molecule has 1 saturated heterocycles. The second-order valence-corrected chi connectivity index (χ2v) is 5.45. The highest BCUT2D eigenvalue weighted by Gasteiger charge is 2.19. The first-order valence-corrected chi connectivity index (χ1v) is 6.82. The first-order chi connectivity index (χ1) is 8.69. The third-order valence-corrected chi connectivity index (χ3v) is 3.85. The predicted molar refractivity (Wildman–Crippen MR) is 75.7 cm³/mol. The Labute approximate surface area is 114 Å². The van der Waals surface area contributed by atoms with Crippen LogP contribution in [-0.2, 0) is 11.3 Å². The van der Waals surface area contributed by atoms with Crippen LogP contribution < -0.4 is 5.73 Å². The summed E-state index contributed by atoms with van der Waals surface area (Å²) in [4.78, 5) is 2.45. The number of methoxy groups -OCH3 is 1. The highest BCUT2D eigenvalue weighted by molar-refractivity contribution is 6.30. The minimum absolute atomic E-state index is 0.704. The fourth-order valence-electron chi connectivity index (χ4n) is 2.50. The fourth-order valence-corrected chi connectivity index (χ4v) is 2.68. The van der Waals surface area contributed by atoms with Gasteiger partial charge >= 0.3 is 0 Å². The summed E-state index contributed by atoms with van der Waals surface area (Å²) in [6, 6.07) is 5.76. The maximum absolute atomic E-state index is 5.98. The lowest BCUT2D eigenvalue weighted by Crippen LogP contribution is -2.34. The van der Waals surface area contributed by atoms with Crippen molar-refractivity contribution in [1.82, 2.24) is 4.90 Å². The molecule has 1 aliphatic heterocycles. The van der Waals surface area contributed by atoms with Crippen LogP contribution in [0, 0.1) is 5.92 Å². The Kier molecular flexibility index (Phi) is 4.87. The van der Waals surface area contributed by atoms with E-state index in [0.717, 1.165) is 31.9 Å². The third kappa shape index (κ3) is 3.61. The number of likely N-dealkylation sites (tertiary alicyclic amines) is 1. The number of piperidine rings is 1. The molecule has 1 heterocycles. The summed E-state index contributed by atoms with van der Waals surface area (Å²) in [6.45, 7) is 4.05. The van der Waals surface area contributed by atoms with Gasteiger partial charge in [0.15, 0.2) is 0 Å². The number of nitrogens with zero attached hydrogens (tertiary/aromatic N) is 1. The molecule has 0 unspecified atom stereocenters. The van der Waals surface area contributed by atoms with Crippen LogP contribution in [0.1, 0.15) is 18.4 Å². The molecule has 0 atom stereocenters. The summed E-state index contributed by atoms with van der Waals surface area (Å²) in [6.07, 6.45) is 2.42. The Morgan fingerprint density at radius 2 is 2.11 bits per heavy atom. The summed E-state index contributed by atoms with van der Waals surface area (Å²) in [7, 11) is 1.78. The highest BCUT2D eigenvalue weighted by atomic mass is 35.5. The lowest BCUT2D eigenvalue weighted by Gasteiger charge is -2.31. The van der Waals surface area contributed by atoms with Gasteiger partial charge in [0, 0.05) is 31.0 Å². The second kappa shape index (κ2) is 6.41. The fraction of sp³-hybridized carbons (Fsp3) is 0.571. The van der Waals surface area contributed by atoms with E-state index in [2.05, 4.69) is 4.90 Å². The molecule has 1 aromatic rings. The van der Waals surface area contributed by atoms with Gasteiger partial charge in [-0.1, -0.05) is 17.7 Å². The van der Waals surface area contributed by atoms with Crippen LogP contribution >= 0.6 is 11.6 Å². The number of hydrogen-bond acceptors (Lipinski definition) is 3. The smallest absolute Gasteiger partial charge is 0.0491 e. The Morgan fingerprint density at radius 3 is 2.72 bits per heavy atom. The third-order valence-electron chi connectivity index (χ3n) is 3.61. The molecule has 0 aromatic heterocycles. The molecule has 1 fully saturated rings. The standard InChI is InChI=1S/C14H21ClN2O/c1-18-10-11-4-6-17(7-5-11)9-12-2-3-13(15)8-14(12)16/h2-3,8,11H,4-7,9-10,16H2,1H3. The van der Waals surface area contributed by atoms with Crippen molar-refractivity contribution < 1.29 is 4.74 Å². The number of halogens is 1. The first-order valence-electron chi connectivity index (χ1n) is 6.44. The van der Waals surface area contributed by atoms with E-state index < -0.39 is 0 Å². The zero-order chi connectivity index (χ0) is 13.0. The number of hydrogen-bond donors (Lipinski definition) is 1. The van der Waals surface area contributed by atoms with Gasteiger partial charge in [-0.2, -0.15) is 0 Å². The predicted octanol–water partition coefficient (Wildman–Crippen LogP) is 2.78. The zero-order valence-corrected chi connectivity index (χ0v) is 11.6. The van der Waals surface area contributed by atoms with E-state index in [1.807, 2.05) is 18.2 Å². The van der Waals surface area contributed by atoms with E-state index >= 15 is 0 Å². The molecule has 0 amide bonds. The van der Waals surface area contributed by atoms with Gasteiger partial charge in [0.2, 0.25) is 0 Å². The molecule has 0 radical (unpaired) electrons. The molecule has 0 bridgehead atoms. The molecule has 1 aromatic carbocycles. The lowest BCUT2D eigenvalue weighted by molar-refractivity contribution is 0.0969. The van der Waals surface area contributed by atoms with Crippen molar-refractivity contribution in [3.05, 3.63) is 28.8 Å². The number of nitrogen functional groups attached to an aromatic ring is 1. The molecule has 1 aliphatic rings. The summed E-state index contributed by atoms with van der Waals surface area (Å²) >= 11 is 5.91. The molecule has 3 nitrogen and oxygen atoms in total. The van der Waals surface area contributed by atoms with Crippen LogP contribution in [0.5, 0.6) is 0 Å². The minimum Gasteiger partial charge on any atom is -0.398 e. The monoisotopic (exact) mass is 268 g/mol. The van der Waals surface area contributed by atoms with Crippen molar-refractivity contribution in [2.45, 2.75) is 19.4 Å². The van der Waals surface area contributed by atoms with Gasteiger partial charge in [-0.3, -0.25) is 4.90 Å². The topological polar surface area (TPSA) is 38.5 Å². The zero-order valence-electron chi connectivity index (χ0n) is 10.9. The van der Waals surface area contributed by atoms with E-state index in [9.17, 15) is 0 Å². The lowest BCUT2D eigenvalue weighted by atomic mass is 9.97. The highest BCUT2D eigenvalue weighted by Crippen LogP contribution is 2.23. The first kappa shape index (κ1) is 13.7. The summed E-state index contributed by atoms with van der Waals surface area (Å²) < 4.78 is 5.21. The number of anilines is 1. The Bertz CT molecular complexity index is 389. The van der Waals surface area contributed by atoms with E-state index in [0.29, 0.717) is 10.9 Å². The quantitative estimate of drug-likeness (QED) is 0.854. The van der Waals surface area contributed by atoms with Gasteiger partial charge < -0.3 is 10.5 Å². The van der Waals surface area contributed by atoms with E-state index in [1.165, 1.54) is 18.4 Å².